The molecule has 0 bridgehead atoms. The number of amides is 2. The van der Waals surface area contributed by atoms with Crippen LogP contribution in [0, 0.1) is 6.92 Å². The predicted octanol–water partition coefficient (Wildman–Crippen LogP) is 2.44. The van der Waals surface area contributed by atoms with Gasteiger partial charge in [-0.3, -0.25) is 4.79 Å². The number of ether oxygens (including phenoxy) is 1. The van der Waals surface area contributed by atoms with E-state index in [1.54, 1.807) is 41.8 Å². The molecule has 0 atom stereocenters. The average molecular weight is 331 g/mol. The van der Waals surface area contributed by atoms with Crippen LogP contribution in [0.5, 0.6) is 0 Å². The lowest BCUT2D eigenvalue weighted by molar-refractivity contribution is 0.0753. The van der Waals surface area contributed by atoms with Crippen LogP contribution in [0.4, 0.5) is 4.79 Å². The van der Waals surface area contributed by atoms with Gasteiger partial charge in [-0.1, -0.05) is 0 Å². The van der Waals surface area contributed by atoms with E-state index in [2.05, 4.69) is 4.98 Å². The van der Waals surface area contributed by atoms with Gasteiger partial charge in [-0.2, -0.15) is 0 Å². The summed E-state index contributed by atoms with van der Waals surface area (Å²) in [6.07, 6.45) is 0.418. The fourth-order valence-electron chi connectivity index (χ4n) is 2.88. The van der Waals surface area contributed by atoms with E-state index < -0.39 is 0 Å². The Balaban J connectivity index is 1.70. The van der Waals surface area contributed by atoms with Crippen molar-refractivity contribution in [2.24, 2.45) is 0 Å². The molecule has 1 aliphatic heterocycles. The van der Waals surface area contributed by atoms with Crippen molar-refractivity contribution >= 4 is 23.1 Å². The van der Waals surface area contributed by atoms with Gasteiger partial charge in [-0.25, -0.2) is 9.78 Å². The second-order valence-electron chi connectivity index (χ2n) is 5.75. The van der Waals surface area contributed by atoms with Crippen molar-refractivity contribution in [2.75, 3.05) is 32.8 Å². The van der Waals surface area contributed by atoms with Crippen LogP contribution in [0.1, 0.15) is 29.6 Å². The molecule has 0 N–H and O–H groups in total. The first kappa shape index (κ1) is 16.3. The van der Waals surface area contributed by atoms with Gasteiger partial charge in [0.25, 0.3) is 5.91 Å². The molecule has 1 aromatic carbocycles. The molecule has 1 aromatic heterocycles. The van der Waals surface area contributed by atoms with Crippen LogP contribution in [-0.2, 0) is 4.74 Å². The van der Waals surface area contributed by atoms with Crippen molar-refractivity contribution in [3.8, 4) is 0 Å². The second kappa shape index (κ2) is 6.90. The van der Waals surface area contributed by atoms with E-state index in [0.29, 0.717) is 55.3 Å². The van der Waals surface area contributed by atoms with Crippen molar-refractivity contribution in [2.45, 2.75) is 20.3 Å². The summed E-state index contributed by atoms with van der Waals surface area (Å²) in [6.45, 7) is 6.11. The fourth-order valence-corrected chi connectivity index (χ4v) is 2.88. The Bertz CT molecular complexity index is 755. The van der Waals surface area contributed by atoms with Gasteiger partial charge in [0.15, 0.2) is 11.5 Å². The highest BCUT2D eigenvalue weighted by molar-refractivity contribution is 5.97. The molecule has 0 unspecified atom stereocenters. The summed E-state index contributed by atoms with van der Waals surface area (Å²) in [6, 6.07) is 5.27. The van der Waals surface area contributed by atoms with Gasteiger partial charge in [-0.05, 0) is 31.5 Å². The largest absolute Gasteiger partial charge is 0.450 e. The van der Waals surface area contributed by atoms with E-state index >= 15 is 0 Å². The Labute approximate surface area is 140 Å². The minimum absolute atomic E-state index is 0.0525. The molecule has 0 radical (unpaired) electrons. The quantitative estimate of drug-likeness (QED) is 0.845. The minimum Gasteiger partial charge on any atom is -0.450 e. The molecule has 1 saturated heterocycles. The summed E-state index contributed by atoms with van der Waals surface area (Å²) in [5.41, 5.74) is 1.94. The normalized spacial score (nSPS) is 15.4. The van der Waals surface area contributed by atoms with E-state index in [1.165, 1.54) is 0 Å². The Morgan fingerprint density at radius 3 is 2.75 bits per heavy atom. The molecule has 2 heterocycles. The van der Waals surface area contributed by atoms with Crippen molar-refractivity contribution in [3.63, 3.8) is 0 Å². The van der Waals surface area contributed by atoms with Gasteiger partial charge in [-0.15, -0.1) is 0 Å². The van der Waals surface area contributed by atoms with Gasteiger partial charge in [0.1, 0.15) is 5.52 Å². The lowest BCUT2D eigenvalue weighted by atomic mass is 10.1. The predicted molar refractivity (Wildman–Crippen MR) is 87.9 cm³/mol. The van der Waals surface area contributed by atoms with Crippen LogP contribution in [0.25, 0.3) is 11.1 Å². The maximum atomic E-state index is 12.7. The average Bonchev–Trinajstić information content (AvgIpc) is 2.78. The second-order valence-corrected chi connectivity index (χ2v) is 5.75. The molecule has 3 rings (SSSR count). The van der Waals surface area contributed by atoms with Gasteiger partial charge >= 0.3 is 6.09 Å². The van der Waals surface area contributed by atoms with Crippen molar-refractivity contribution in [1.82, 2.24) is 14.8 Å². The molecule has 1 aliphatic rings. The first-order valence-corrected chi connectivity index (χ1v) is 8.16. The van der Waals surface area contributed by atoms with Crippen LogP contribution < -0.4 is 0 Å². The first-order chi connectivity index (χ1) is 11.6. The zero-order chi connectivity index (χ0) is 17.1. The maximum absolute atomic E-state index is 12.7. The molecule has 7 nitrogen and oxygen atoms in total. The zero-order valence-electron chi connectivity index (χ0n) is 13.9. The highest BCUT2D eigenvalue weighted by Gasteiger charge is 2.23. The molecular weight excluding hydrogens is 310 g/mol. The summed E-state index contributed by atoms with van der Waals surface area (Å²) in [4.78, 5) is 32.3. The number of aryl methyl sites for hydroxylation is 1. The molecular formula is C17H21N3O4. The van der Waals surface area contributed by atoms with Crippen LogP contribution in [0.2, 0.25) is 0 Å². The van der Waals surface area contributed by atoms with E-state index in [9.17, 15) is 9.59 Å². The molecule has 7 heteroatoms. The molecule has 0 spiro atoms. The van der Waals surface area contributed by atoms with Crippen molar-refractivity contribution in [3.05, 3.63) is 29.7 Å². The SMILES string of the molecule is CCOC(=O)N1CCCN(C(=O)c2ccc3oc(C)nc3c2)CC1. The number of benzene rings is 1. The third-order valence-corrected chi connectivity index (χ3v) is 4.05. The number of nitrogens with zero attached hydrogens (tertiary/aromatic N) is 3. The Morgan fingerprint density at radius 1 is 1.21 bits per heavy atom. The van der Waals surface area contributed by atoms with Crippen LogP contribution in [0.15, 0.2) is 22.6 Å². The number of hydrogen-bond donors (Lipinski definition) is 0. The number of oxazole rings is 1. The van der Waals surface area contributed by atoms with Gasteiger partial charge < -0.3 is 19.0 Å². The minimum atomic E-state index is -0.314. The van der Waals surface area contributed by atoms with Crippen LogP contribution >= 0.6 is 0 Å². The molecule has 0 aliphatic carbocycles. The summed E-state index contributed by atoms with van der Waals surface area (Å²) < 4.78 is 10.5. The summed E-state index contributed by atoms with van der Waals surface area (Å²) >= 11 is 0. The summed E-state index contributed by atoms with van der Waals surface area (Å²) in [7, 11) is 0. The smallest absolute Gasteiger partial charge is 0.409 e. The van der Waals surface area contributed by atoms with Gasteiger partial charge in [0.2, 0.25) is 0 Å². The highest BCUT2D eigenvalue weighted by Crippen LogP contribution is 2.18. The van der Waals surface area contributed by atoms with E-state index in [-0.39, 0.29) is 12.0 Å². The molecule has 128 valence electrons. The Morgan fingerprint density at radius 2 is 1.96 bits per heavy atom. The lowest BCUT2D eigenvalue weighted by Crippen LogP contribution is -2.37. The molecule has 2 aromatic rings. The van der Waals surface area contributed by atoms with Gasteiger partial charge in [0.05, 0.1) is 6.61 Å². The van der Waals surface area contributed by atoms with Crippen molar-refractivity contribution < 1.29 is 18.7 Å². The van der Waals surface area contributed by atoms with E-state index in [1.807, 2.05) is 0 Å². The lowest BCUT2D eigenvalue weighted by Gasteiger charge is -2.21. The third-order valence-electron chi connectivity index (χ3n) is 4.05. The van der Waals surface area contributed by atoms with E-state index in [0.717, 1.165) is 6.42 Å². The maximum Gasteiger partial charge on any atom is 0.409 e. The standard InChI is InChI=1S/C17H21N3O4/c1-3-23-17(22)20-8-4-7-19(9-10-20)16(21)13-5-6-15-14(11-13)18-12(2)24-15/h5-6,11H,3-4,7-10H2,1-2H3. The van der Waals surface area contributed by atoms with Crippen LogP contribution in [-0.4, -0.2) is 59.6 Å². The Kier molecular flexibility index (Phi) is 4.69. The summed E-state index contributed by atoms with van der Waals surface area (Å²) in [5.74, 6) is 0.526. The first-order valence-electron chi connectivity index (χ1n) is 8.16. The molecule has 24 heavy (non-hydrogen) atoms. The number of fused-ring (bicyclic) bond motifs is 1. The van der Waals surface area contributed by atoms with E-state index in [4.69, 9.17) is 9.15 Å². The van der Waals surface area contributed by atoms with Crippen LogP contribution in [0.3, 0.4) is 0 Å². The number of hydrogen-bond acceptors (Lipinski definition) is 5. The monoisotopic (exact) mass is 331 g/mol. The number of rotatable bonds is 2. The van der Waals surface area contributed by atoms with Gasteiger partial charge in [0, 0.05) is 38.7 Å². The number of aromatic nitrogens is 1. The topological polar surface area (TPSA) is 75.9 Å². The molecule has 0 saturated carbocycles. The summed E-state index contributed by atoms with van der Waals surface area (Å²) in [5, 5.41) is 0. The Hall–Kier alpha value is -2.57. The third kappa shape index (κ3) is 3.34. The highest BCUT2D eigenvalue weighted by atomic mass is 16.6. The number of carbonyl (C=O) groups is 2. The fraction of sp³-hybridized carbons (Fsp3) is 0.471. The number of carbonyl (C=O) groups excluding carboxylic acids is 2. The zero-order valence-corrected chi connectivity index (χ0v) is 13.9. The van der Waals surface area contributed by atoms with Crippen molar-refractivity contribution in [1.29, 1.82) is 0 Å². The molecule has 1 fully saturated rings. The molecule has 2 amide bonds.